The molecule has 0 spiro atoms. The van der Waals surface area contributed by atoms with Crippen LogP contribution in [0.3, 0.4) is 0 Å². The fourth-order valence-corrected chi connectivity index (χ4v) is 5.09. The van der Waals surface area contributed by atoms with Crippen LogP contribution in [0.5, 0.6) is 0 Å². The van der Waals surface area contributed by atoms with E-state index in [1.165, 1.54) is 24.3 Å². The molecule has 0 atom stereocenters. The highest BCUT2D eigenvalue weighted by atomic mass is 127. The van der Waals surface area contributed by atoms with Crippen LogP contribution in [0.1, 0.15) is 0 Å². The van der Waals surface area contributed by atoms with Gasteiger partial charge in [0.2, 0.25) is 0 Å². The van der Waals surface area contributed by atoms with E-state index >= 15 is 0 Å². The zero-order chi connectivity index (χ0) is 14.9. The van der Waals surface area contributed by atoms with Crippen LogP contribution in [0.2, 0.25) is 0 Å². The third-order valence-electron chi connectivity index (χ3n) is 2.36. The minimum Gasteiger partial charge on any atom is -0.279 e. The Morgan fingerprint density at radius 2 is 1.80 bits per heavy atom. The summed E-state index contributed by atoms with van der Waals surface area (Å²) in [5.41, 5.74) is 0.335. The van der Waals surface area contributed by atoms with Crippen LogP contribution in [-0.4, -0.2) is 8.42 Å². The molecule has 0 aliphatic heterocycles. The highest BCUT2D eigenvalue weighted by Gasteiger charge is 2.19. The summed E-state index contributed by atoms with van der Waals surface area (Å²) in [6, 6.07) is 8.61. The molecule has 0 bridgehead atoms. The van der Waals surface area contributed by atoms with Gasteiger partial charge in [-0.15, -0.1) is 0 Å². The summed E-state index contributed by atoms with van der Waals surface area (Å²) >= 11 is 8.35. The quantitative estimate of drug-likeness (QED) is 0.577. The van der Waals surface area contributed by atoms with Gasteiger partial charge in [-0.1, -0.05) is 15.9 Å². The molecule has 0 heterocycles. The van der Waals surface area contributed by atoms with Crippen LogP contribution in [0.25, 0.3) is 0 Å². The van der Waals surface area contributed by atoms with Crippen molar-refractivity contribution >= 4 is 70.2 Å². The first-order valence-corrected chi connectivity index (χ1v) is 9.37. The molecule has 1 N–H and O–H groups in total. The Kier molecular flexibility index (Phi) is 5.09. The topological polar surface area (TPSA) is 46.2 Å². The highest BCUT2D eigenvalue weighted by Crippen LogP contribution is 2.28. The van der Waals surface area contributed by atoms with E-state index in [4.69, 9.17) is 0 Å². The van der Waals surface area contributed by atoms with Crippen molar-refractivity contribution in [2.45, 2.75) is 4.90 Å². The third kappa shape index (κ3) is 3.71. The van der Waals surface area contributed by atoms with Gasteiger partial charge in [-0.25, -0.2) is 12.8 Å². The van der Waals surface area contributed by atoms with E-state index in [9.17, 15) is 12.8 Å². The maximum Gasteiger partial charge on any atom is 0.263 e. The van der Waals surface area contributed by atoms with Crippen molar-refractivity contribution < 1.29 is 12.8 Å². The first kappa shape index (κ1) is 16.2. The van der Waals surface area contributed by atoms with E-state index < -0.39 is 15.8 Å². The van der Waals surface area contributed by atoms with E-state index in [2.05, 4.69) is 36.6 Å². The highest BCUT2D eigenvalue weighted by molar-refractivity contribution is 14.1. The molecule has 0 aliphatic rings. The Bertz CT molecular complexity index is 768. The number of nitrogens with one attached hydrogen (secondary N) is 1. The second-order valence-electron chi connectivity index (χ2n) is 3.80. The SMILES string of the molecule is O=S(=O)(Nc1ccc(F)cc1I)c1ccc(Br)cc1Br. The first-order chi connectivity index (χ1) is 9.29. The Balaban J connectivity index is 2.41. The van der Waals surface area contributed by atoms with Crippen molar-refractivity contribution in [1.29, 1.82) is 0 Å². The number of rotatable bonds is 3. The zero-order valence-corrected chi connectivity index (χ0v) is 15.8. The maximum atomic E-state index is 13.0. The van der Waals surface area contributed by atoms with Crippen LogP contribution in [0, 0.1) is 9.39 Å². The molecule has 0 saturated carbocycles. The second-order valence-corrected chi connectivity index (χ2v) is 8.39. The van der Waals surface area contributed by atoms with Crippen molar-refractivity contribution in [3.05, 3.63) is 54.7 Å². The molecule has 0 aliphatic carbocycles. The van der Waals surface area contributed by atoms with Crippen LogP contribution in [0.4, 0.5) is 10.1 Å². The molecule has 0 fully saturated rings. The summed E-state index contributed by atoms with van der Waals surface area (Å²) in [4.78, 5) is 0.112. The lowest BCUT2D eigenvalue weighted by molar-refractivity contribution is 0.600. The Hall–Kier alpha value is -0.190. The van der Waals surface area contributed by atoms with Gasteiger partial charge in [0.25, 0.3) is 10.0 Å². The van der Waals surface area contributed by atoms with Crippen LogP contribution < -0.4 is 4.72 Å². The van der Waals surface area contributed by atoms with Gasteiger partial charge in [-0.05, 0) is 74.9 Å². The Morgan fingerprint density at radius 1 is 1.10 bits per heavy atom. The summed E-state index contributed by atoms with van der Waals surface area (Å²) < 4.78 is 41.8. The summed E-state index contributed by atoms with van der Waals surface area (Å²) in [7, 11) is -3.74. The van der Waals surface area contributed by atoms with E-state index in [1.54, 1.807) is 12.1 Å². The Labute approximate surface area is 146 Å². The molecule has 2 aromatic rings. The number of sulfonamides is 1. The fraction of sp³-hybridized carbons (Fsp3) is 0. The smallest absolute Gasteiger partial charge is 0.263 e. The van der Waals surface area contributed by atoms with Gasteiger partial charge in [-0.3, -0.25) is 4.72 Å². The third-order valence-corrected chi connectivity index (χ3v) is 6.09. The average molecular weight is 535 g/mol. The Morgan fingerprint density at radius 3 is 2.40 bits per heavy atom. The second kappa shape index (κ2) is 6.29. The predicted octanol–water partition coefficient (Wildman–Crippen LogP) is 4.76. The van der Waals surface area contributed by atoms with Crippen molar-refractivity contribution in [3.8, 4) is 0 Å². The number of anilines is 1. The van der Waals surface area contributed by atoms with Crippen molar-refractivity contribution in [3.63, 3.8) is 0 Å². The normalized spacial score (nSPS) is 11.4. The van der Waals surface area contributed by atoms with Crippen LogP contribution in [-0.2, 0) is 10.0 Å². The van der Waals surface area contributed by atoms with Gasteiger partial charge in [0.05, 0.1) is 5.69 Å². The molecule has 0 radical (unpaired) electrons. The molecule has 20 heavy (non-hydrogen) atoms. The van der Waals surface area contributed by atoms with Crippen LogP contribution in [0.15, 0.2) is 50.2 Å². The fourth-order valence-electron chi connectivity index (χ4n) is 1.47. The lowest BCUT2D eigenvalue weighted by atomic mass is 10.3. The van der Waals surface area contributed by atoms with E-state index in [1.807, 2.05) is 22.6 Å². The molecule has 2 aromatic carbocycles. The minimum absolute atomic E-state index is 0.112. The molecular formula is C12H7Br2FINO2S. The van der Waals surface area contributed by atoms with E-state index in [-0.39, 0.29) is 4.90 Å². The van der Waals surface area contributed by atoms with Gasteiger partial charge in [-0.2, -0.15) is 0 Å². The van der Waals surface area contributed by atoms with Crippen molar-refractivity contribution in [1.82, 2.24) is 0 Å². The van der Waals surface area contributed by atoms with E-state index in [0.29, 0.717) is 13.7 Å². The van der Waals surface area contributed by atoms with Crippen molar-refractivity contribution in [2.75, 3.05) is 4.72 Å². The first-order valence-electron chi connectivity index (χ1n) is 5.22. The number of benzene rings is 2. The summed E-state index contributed by atoms with van der Waals surface area (Å²) in [5.74, 6) is -0.415. The van der Waals surface area contributed by atoms with Gasteiger partial charge in [0.15, 0.2) is 0 Å². The molecule has 8 heteroatoms. The summed E-state index contributed by atoms with van der Waals surface area (Å²) in [5, 5.41) is 0. The van der Waals surface area contributed by atoms with Gasteiger partial charge in [0.1, 0.15) is 10.7 Å². The standard InChI is InChI=1S/C12H7Br2FINO2S/c13-7-1-4-12(9(14)5-7)20(18,19)17-11-3-2-8(15)6-10(11)16/h1-6,17H. The van der Waals surface area contributed by atoms with E-state index in [0.717, 1.165) is 4.47 Å². The zero-order valence-electron chi connectivity index (χ0n) is 9.70. The molecule has 0 unspecified atom stereocenters. The monoisotopic (exact) mass is 533 g/mol. The predicted molar refractivity (Wildman–Crippen MR) is 91.8 cm³/mol. The largest absolute Gasteiger partial charge is 0.279 e. The molecule has 2 rings (SSSR count). The summed E-state index contributed by atoms with van der Waals surface area (Å²) in [6.07, 6.45) is 0. The maximum absolute atomic E-state index is 13.0. The lowest BCUT2D eigenvalue weighted by Crippen LogP contribution is -2.14. The van der Waals surface area contributed by atoms with Gasteiger partial charge in [0, 0.05) is 12.5 Å². The average Bonchev–Trinajstić information content (AvgIpc) is 2.32. The minimum atomic E-state index is -3.74. The number of hydrogen-bond acceptors (Lipinski definition) is 2. The van der Waals surface area contributed by atoms with Crippen molar-refractivity contribution in [2.24, 2.45) is 0 Å². The molecule has 106 valence electrons. The molecular weight excluding hydrogens is 528 g/mol. The molecule has 0 aromatic heterocycles. The lowest BCUT2D eigenvalue weighted by Gasteiger charge is -2.11. The van der Waals surface area contributed by atoms with Gasteiger partial charge < -0.3 is 0 Å². The van der Waals surface area contributed by atoms with Crippen LogP contribution >= 0.6 is 54.5 Å². The number of hydrogen-bond donors (Lipinski definition) is 1. The molecule has 0 saturated heterocycles. The number of halogens is 4. The summed E-state index contributed by atoms with van der Waals surface area (Å²) in [6.45, 7) is 0. The molecule has 0 amide bonds. The molecule has 3 nitrogen and oxygen atoms in total. The van der Waals surface area contributed by atoms with Gasteiger partial charge >= 0.3 is 0 Å².